The molecule has 5 rings (SSSR count). The van der Waals surface area contributed by atoms with Gasteiger partial charge in [-0.15, -0.1) is 0 Å². The van der Waals surface area contributed by atoms with Gasteiger partial charge >= 0.3 is 0 Å². The van der Waals surface area contributed by atoms with Crippen LogP contribution in [-0.4, -0.2) is 44.7 Å². The third-order valence-corrected chi connectivity index (χ3v) is 13.5. The van der Waals surface area contributed by atoms with Crippen LogP contribution in [0.15, 0.2) is 39.6 Å². The van der Waals surface area contributed by atoms with E-state index in [-0.39, 0.29) is 34.1 Å². The van der Waals surface area contributed by atoms with Gasteiger partial charge in [-0.1, -0.05) is 70.6 Å². The van der Waals surface area contributed by atoms with Crippen molar-refractivity contribution in [2.45, 2.75) is 114 Å². The van der Waals surface area contributed by atoms with Crippen LogP contribution < -0.4 is 0 Å². The molecule has 0 aliphatic heterocycles. The number of benzene rings is 1. The fourth-order valence-corrected chi connectivity index (χ4v) is 11.8. The summed E-state index contributed by atoms with van der Waals surface area (Å²) in [6.07, 6.45) is 12.7. The third kappa shape index (κ3) is 4.60. The zero-order valence-electron chi connectivity index (χ0n) is 21.9. The molecule has 2 atom stereocenters. The predicted molar refractivity (Wildman–Crippen MR) is 144 cm³/mol. The molecule has 1 aromatic rings. The first-order chi connectivity index (χ1) is 17.1. The SMILES string of the molecule is CC1(C)C2CCC1(CS(=O)(=O)N(C1CCCCC1)C1CCCCC1)/C(=N/S(=O)(=O)c1ccccc1)C2. The highest BCUT2D eigenvalue weighted by atomic mass is 32.2. The second-order valence-electron chi connectivity index (χ2n) is 12.2. The van der Waals surface area contributed by atoms with Gasteiger partial charge in [0.25, 0.3) is 10.0 Å². The summed E-state index contributed by atoms with van der Waals surface area (Å²) in [7, 11) is -7.51. The van der Waals surface area contributed by atoms with Gasteiger partial charge in [-0.3, -0.25) is 0 Å². The lowest BCUT2D eigenvalue weighted by Gasteiger charge is -2.44. The van der Waals surface area contributed by atoms with E-state index in [0.29, 0.717) is 18.6 Å². The van der Waals surface area contributed by atoms with Crippen molar-refractivity contribution in [1.29, 1.82) is 0 Å². The van der Waals surface area contributed by atoms with Gasteiger partial charge in [0, 0.05) is 23.2 Å². The lowest BCUT2D eigenvalue weighted by atomic mass is 9.70. The number of rotatable bonds is 7. The molecule has 6 nitrogen and oxygen atoms in total. The van der Waals surface area contributed by atoms with Gasteiger partial charge in [0.05, 0.1) is 10.6 Å². The molecule has 0 radical (unpaired) electrons. The van der Waals surface area contributed by atoms with Crippen molar-refractivity contribution in [3.63, 3.8) is 0 Å². The quantitative estimate of drug-likeness (QED) is 0.433. The van der Waals surface area contributed by atoms with Crippen LogP contribution >= 0.6 is 0 Å². The molecule has 2 bridgehead atoms. The van der Waals surface area contributed by atoms with Crippen LogP contribution in [0.3, 0.4) is 0 Å². The maximum absolute atomic E-state index is 14.5. The average molecular weight is 535 g/mol. The number of nitrogens with zero attached hydrogens (tertiary/aromatic N) is 2. The van der Waals surface area contributed by atoms with Crippen molar-refractivity contribution in [3.8, 4) is 0 Å². The van der Waals surface area contributed by atoms with E-state index in [4.69, 9.17) is 0 Å². The Morgan fingerprint density at radius 3 is 1.92 bits per heavy atom. The Morgan fingerprint density at radius 2 is 1.39 bits per heavy atom. The van der Waals surface area contributed by atoms with Crippen molar-refractivity contribution in [3.05, 3.63) is 30.3 Å². The van der Waals surface area contributed by atoms with Gasteiger partial charge in [-0.2, -0.15) is 17.1 Å². The number of fused-ring (bicyclic) bond motifs is 2. The Morgan fingerprint density at radius 1 is 0.833 bits per heavy atom. The molecular weight excluding hydrogens is 492 g/mol. The maximum atomic E-state index is 14.5. The van der Waals surface area contributed by atoms with Crippen molar-refractivity contribution in [2.75, 3.05) is 5.75 Å². The van der Waals surface area contributed by atoms with E-state index >= 15 is 0 Å². The van der Waals surface area contributed by atoms with Gasteiger partial charge < -0.3 is 0 Å². The molecule has 36 heavy (non-hydrogen) atoms. The largest absolute Gasteiger partial charge is 0.282 e. The van der Waals surface area contributed by atoms with Gasteiger partial charge in [-0.25, -0.2) is 8.42 Å². The van der Waals surface area contributed by atoms with Crippen LogP contribution in [0.2, 0.25) is 0 Å². The standard InChI is InChI=1S/C28H42N2O4S2/c1-27(2)22-18-19-28(27,26(20-22)29-36(33,34)25-16-10-5-11-17-25)21-35(31,32)30(23-12-6-3-7-13-23)24-14-8-4-9-15-24/h5,10-11,16-17,22-24H,3-4,6-9,12-15,18-21H2,1-2H3/b29-26+. The smallest absolute Gasteiger partial charge is 0.212 e. The minimum atomic E-state index is -3.89. The van der Waals surface area contributed by atoms with E-state index in [1.165, 1.54) is 12.8 Å². The summed E-state index contributed by atoms with van der Waals surface area (Å²) in [5.41, 5.74) is -0.459. The molecule has 0 N–H and O–H groups in total. The third-order valence-electron chi connectivity index (χ3n) is 10.1. The van der Waals surface area contributed by atoms with E-state index in [1.54, 1.807) is 30.3 Å². The lowest BCUT2D eigenvalue weighted by molar-refractivity contribution is 0.160. The van der Waals surface area contributed by atoms with Gasteiger partial charge in [0.2, 0.25) is 10.0 Å². The first-order valence-electron chi connectivity index (χ1n) is 14.0. The molecule has 4 aliphatic rings. The number of sulfonamides is 2. The van der Waals surface area contributed by atoms with Crippen LogP contribution in [0.1, 0.15) is 97.3 Å². The van der Waals surface area contributed by atoms with Gasteiger partial charge in [0.1, 0.15) is 0 Å². The fraction of sp³-hybridized carbons (Fsp3) is 0.750. The maximum Gasteiger partial charge on any atom is 0.282 e. The van der Waals surface area contributed by atoms with Crippen molar-refractivity contribution >= 4 is 25.8 Å². The first-order valence-corrected chi connectivity index (χ1v) is 17.0. The topological polar surface area (TPSA) is 83.9 Å². The molecular formula is C28H42N2O4S2. The fourth-order valence-electron chi connectivity index (χ4n) is 7.86. The highest BCUT2D eigenvalue weighted by Gasteiger charge is 2.65. The second kappa shape index (κ2) is 9.81. The summed E-state index contributed by atoms with van der Waals surface area (Å²) in [5, 5.41) is 0. The molecule has 0 aromatic heterocycles. The summed E-state index contributed by atoms with van der Waals surface area (Å²) in [5.74, 6) is 0.245. The zero-order chi connectivity index (χ0) is 25.6. The van der Waals surface area contributed by atoms with Crippen molar-refractivity contribution < 1.29 is 16.8 Å². The molecule has 0 amide bonds. The molecule has 1 aromatic carbocycles. The van der Waals surface area contributed by atoms with Crippen LogP contribution in [0.25, 0.3) is 0 Å². The summed E-state index contributed by atoms with van der Waals surface area (Å²) in [6, 6.07) is 8.47. The van der Waals surface area contributed by atoms with Crippen LogP contribution in [-0.2, 0) is 20.0 Å². The van der Waals surface area contributed by atoms with E-state index in [1.807, 2.05) is 4.31 Å². The minimum absolute atomic E-state index is 0.0142. The Labute approximate surface area is 218 Å². The molecule has 8 heteroatoms. The Hall–Kier alpha value is -1.25. The zero-order valence-corrected chi connectivity index (χ0v) is 23.5. The average Bonchev–Trinajstić information content (AvgIpc) is 3.20. The second-order valence-corrected chi connectivity index (χ2v) is 15.7. The summed E-state index contributed by atoms with van der Waals surface area (Å²) in [6.45, 7) is 4.28. The molecule has 0 heterocycles. The van der Waals surface area contributed by atoms with Gasteiger partial charge in [-0.05, 0) is 68.4 Å². The van der Waals surface area contributed by atoms with E-state index in [2.05, 4.69) is 18.2 Å². The summed E-state index contributed by atoms with van der Waals surface area (Å²) >= 11 is 0. The van der Waals surface area contributed by atoms with Gasteiger partial charge in [0.15, 0.2) is 0 Å². The van der Waals surface area contributed by atoms with E-state index in [9.17, 15) is 16.8 Å². The molecule has 4 saturated carbocycles. The summed E-state index contributed by atoms with van der Waals surface area (Å²) in [4.78, 5) is 0.169. The molecule has 200 valence electrons. The Balaban J connectivity index is 1.53. The normalized spacial score (nSPS) is 30.9. The first kappa shape index (κ1) is 26.4. The highest BCUT2D eigenvalue weighted by molar-refractivity contribution is 7.90. The van der Waals surface area contributed by atoms with Crippen LogP contribution in [0, 0.1) is 16.7 Å². The molecule has 2 unspecified atom stereocenters. The lowest BCUT2D eigenvalue weighted by Crippen LogP contribution is -2.53. The number of hydrogen-bond acceptors (Lipinski definition) is 4. The van der Waals surface area contributed by atoms with E-state index in [0.717, 1.165) is 57.8 Å². The molecule has 4 fully saturated rings. The Kier molecular flexibility index (Phi) is 7.18. The summed E-state index contributed by atoms with van der Waals surface area (Å²) < 4.78 is 61.8. The predicted octanol–water partition coefficient (Wildman–Crippen LogP) is 5.94. The minimum Gasteiger partial charge on any atom is -0.212 e. The van der Waals surface area contributed by atoms with Crippen LogP contribution in [0.5, 0.6) is 0 Å². The monoisotopic (exact) mass is 534 g/mol. The van der Waals surface area contributed by atoms with Crippen LogP contribution in [0.4, 0.5) is 0 Å². The number of hydrogen-bond donors (Lipinski definition) is 0. The molecule has 4 aliphatic carbocycles. The molecule has 0 saturated heterocycles. The van der Waals surface area contributed by atoms with Crippen molar-refractivity contribution in [2.24, 2.45) is 21.1 Å². The van der Waals surface area contributed by atoms with E-state index < -0.39 is 25.5 Å². The molecule has 0 spiro atoms. The highest BCUT2D eigenvalue weighted by Crippen LogP contribution is 2.65. The van der Waals surface area contributed by atoms with Crippen molar-refractivity contribution in [1.82, 2.24) is 4.31 Å². The Bertz CT molecular complexity index is 1160.